The van der Waals surface area contributed by atoms with Crippen LogP contribution >= 0.6 is 0 Å². The summed E-state index contributed by atoms with van der Waals surface area (Å²) in [6, 6.07) is 0.471. The molecule has 98 valence electrons. The first kappa shape index (κ1) is 12.8. The summed E-state index contributed by atoms with van der Waals surface area (Å²) >= 11 is 0. The van der Waals surface area contributed by atoms with Gasteiger partial charge < -0.3 is 15.1 Å². The van der Waals surface area contributed by atoms with Crippen LogP contribution in [0, 0.1) is 5.92 Å². The van der Waals surface area contributed by atoms with E-state index < -0.39 is 0 Å². The molecule has 0 saturated carbocycles. The molecule has 2 aliphatic rings. The first-order valence-corrected chi connectivity index (χ1v) is 6.89. The topological polar surface area (TPSA) is 35.6 Å². The fourth-order valence-electron chi connectivity index (χ4n) is 2.71. The summed E-state index contributed by atoms with van der Waals surface area (Å²) in [5.41, 5.74) is 0. The molecular weight excluding hydrogens is 214 g/mol. The van der Waals surface area contributed by atoms with E-state index in [2.05, 4.69) is 17.1 Å². The number of amides is 1. The van der Waals surface area contributed by atoms with Crippen LogP contribution in [0.15, 0.2) is 0 Å². The maximum absolute atomic E-state index is 12.1. The molecular formula is C13H25N3O. The standard InChI is InChI=1S/C13H25N3O/c1-3-16-6-4-12(5-7-16)15(2)13(17)8-11-9-14-10-11/h11-12,14H,3-10H2,1-2H3. The molecule has 0 aromatic carbocycles. The fourth-order valence-corrected chi connectivity index (χ4v) is 2.71. The highest BCUT2D eigenvalue weighted by Gasteiger charge is 2.27. The maximum atomic E-state index is 12.1. The van der Waals surface area contributed by atoms with Crippen molar-refractivity contribution in [3.05, 3.63) is 0 Å². The van der Waals surface area contributed by atoms with E-state index in [1.54, 1.807) is 0 Å². The average molecular weight is 239 g/mol. The lowest BCUT2D eigenvalue weighted by molar-refractivity contribution is -0.134. The van der Waals surface area contributed by atoms with E-state index >= 15 is 0 Å². The van der Waals surface area contributed by atoms with E-state index in [9.17, 15) is 4.79 Å². The monoisotopic (exact) mass is 239 g/mol. The first-order valence-electron chi connectivity index (χ1n) is 6.89. The smallest absolute Gasteiger partial charge is 0.222 e. The number of likely N-dealkylation sites (tertiary alicyclic amines) is 1. The summed E-state index contributed by atoms with van der Waals surface area (Å²) in [6.45, 7) is 7.67. The maximum Gasteiger partial charge on any atom is 0.222 e. The Kier molecular flexibility index (Phi) is 4.40. The minimum Gasteiger partial charge on any atom is -0.343 e. The third-order valence-electron chi connectivity index (χ3n) is 4.27. The van der Waals surface area contributed by atoms with Crippen molar-refractivity contribution in [2.45, 2.75) is 32.2 Å². The van der Waals surface area contributed by atoms with Gasteiger partial charge in [-0.15, -0.1) is 0 Å². The number of hydrogen-bond donors (Lipinski definition) is 1. The lowest BCUT2D eigenvalue weighted by Gasteiger charge is -2.37. The number of carbonyl (C=O) groups is 1. The molecule has 4 heteroatoms. The Hall–Kier alpha value is -0.610. The zero-order valence-electron chi connectivity index (χ0n) is 11.1. The minimum absolute atomic E-state index is 0.339. The van der Waals surface area contributed by atoms with E-state index in [0.29, 0.717) is 17.9 Å². The average Bonchev–Trinajstić information content (AvgIpc) is 2.32. The van der Waals surface area contributed by atoms with Gasteiger partial charge >= 0.3 is 0 Å². The highest BCUT2D eigenvalue weighted by Crippen LogP contribution is 2.18. The third kappa shape index (κ3) is 3.19. The Labute approximate surface area is 104 Å². The van der Waals surface area contributed by atoms with Gasteiger partial charge in [0.25, 0.3) is 0 Å². The second-order valence-electron chi connectivity index (χ2n) is 5.40. The van der Waals surface area contributed by atoms with Gasteiger partial charge in [-0.2, -0.15) is 0 Å². The van der Waals surface area contributed by atoms with E-state index in [1.165, 1.54) is 0 Å². The zero-order valence-corrected chi connectivity index (χ0v) is 11.1. The Morgan fingerprint density at radius 3 is 2.47 bits per heavy atom. The summed E-state index contributed by atoms with van der Waals surface area (Å²) in [4.78, 5) is 16.5. The van der Waals surface area contributed by atoms with Gasteiger partial charge in [-0.1, -0.05) is 6.92 Å². The number of piperidine rings is 1. The molecule has 4 nitrogen and oxygen atoms in total. The molecule has 0 aromatic rings. The normalized spacial score (nSPS) is 23.4. The summed E-state index contributed by atoms with van der Waals surface area (Å²) in [7, 11) is 1.99. The van der Waals surface area contributed by atoms with Crippen molar-refractivity contribution in [3.8, 4) is 0 Å². The molecule has 2 rings (SSSR count). The van der Waals surface area contributed by atoms with Gasteiger partial charge in [0, 0.05) is 32.6 Å². The van der Waals surface area contributed by atoms with Crippen LogP contribution in [0.2, 0.25) is 0 Å². The molecule has 0 atom stereocenters. The van der Waals surface area contributed by atoms with Crippen LogP contribution in [-0.2, 0) is 4.79 Å². The number of nitrogens with zero attached hydrogens (tertiary/aromatic N) is 2. The molecule has 0 aromatic heterocycles. The second-order valence-corrected chi connectivity index (χ2v) is 5.40. The van der Waals surface area contributed by atoms with Crippen LogP contribution < -0.4 is 5.32 Å². The summed E-state index contributed by atoms with van der Waals surface area (Å²) in [5.74, 6) is 0.923. The Bertz CT molecular complexity index is 257. The van der Waals surface area contributed by atoms with Gasteiger partial charge in [0.1, 0.15) is 0 Å². The van der Waals surface area contributed by atoms with Gasteiger partial charge in [-0.3, -0.25) is 4.79 Å². The first-order chi connectivity index (χ1) is 8.20. The van der Waals surface area contributed by atoms with E-state index in [-0.39, 0.29) is 0 Å². The number of nitrogens with one attached hydrogen (secondary N) is 1. The van der Waals surface area contributed by atoms with Crippen molar-refractivity contribution in [2.24, 2.45) is 5.92 Å². The molecule has 2 heterocycles. The third-order valence-corrected chi connectivity index (χ3v) is 4.27. The molecule has 0 unspecified atom stereocenters. The Balaban J connectivity index is 1.75. The quantitative estimate of drug-likeness (QED) is 0.778. The molecule has 17 heavy (non-hydrogen) atoms. The van der Waals surface area contributed by atoms with Gasteiger partial charge in [0.2, 0.25) is 5.91 Å². The number of rotatable bonds is 4. The lowest BCUT2D eigenvalue weighted by Crippen LogP contribution is -2.48. The summed E-state index contributed by atoms with van der Waals surface area (Å²) in [6.07, 6.45) is 3.01. The predicted octanol–water partition coefficient (Wildman–Crippen LogP) is 0.539. The molecule has 0 aliphatic carbocycles. The van der Waals surface area contributed by atoms with Gasteiger partial charge in [-0.05, 0) is 38.4 Å². The second kappa shape index (κ2) is 5.83. The highest BCUT2D eigenvalue weighted by molar-refractivity contribution is 5.76. The van der Waals surface area contributed by atoms with E-state index in [1.807, 2.05) is 11.9 Å². The van der Waals surface area contributed by atoms with Crippen LogP contribution in [0.5, 0.6) is 0 Å². The predicted molar refractivity (Wildman–Crippen MR) is 68.9 cm³/mol. The number of carbonyl (C=O) groups excluding carboxylic acids is 1. The van der Waals surface area contributed by atoms with Crippen molar-refractivity contribution in [1.82, 2.24) is 15.1 Å². The molecule has 2 saturated heterocycles. The molecule has 1 amide bonds. The number of hydrogen-bond acceptors (Lipinski definition) is 3. The van der Waals surface area contributed by atoms with Crippen LogP contribution in [0.25, 0.3) is 0 Å². The molecule has 0 radical (unpaired) electrons. The summed E-state index contributed by atoms with van der Waals surface area (Å²) < 4.78 is 0. The fraction of sp³-hybridized carbons (Fsp3) is 0.923. The van der Waals surface area contributed by atoms with Gasteiger partial charge in [0.05, 0.1) is 0 Å². The van der Waals surface area contributed by atoms with E-state index in [4.69, 9.17) is 0 Å². The van der Waals surface area contributed by atoms with Crippen LogP contribution in [0.3, 0.4) is 0 Å². The highest BCUT2D eigenvalue weighted by atomic mass is 16.2. The Morgan fingerprint density at radius 1 is 1.35 bits per heavy atom. The van der Waals surface area contributed by atoms with Crippen LogP contribution in [-0.4, -0.2) is 61.5 Å². The molecule has 0 spiro atoms. The van der Waals surface area contributed by atoms with Gasteiger partial charge in [0.15, 0.2) is 0 Å². The molecule has 2 fully saturated rings. The molecule has 0 bridgehead atoms. The zero-order chi connectivity index (χ0) is 12.3. The van der Waals surface area contributed by atoms with Crippen molar-refractivity contribution in [2.75, 3.05) is 39.8 Å². The Morgan fingerprint density at radius 2 is 2.00 bits per heavy atom. The van der Waals surface area contributed by atoms with Gasteiger partial charge in [-0.25, -0.2) is 0 Å². The van der Waals surface area contributed by atoms with Crippen LogP contribution in [0.1, 0.15) is 26.2 Å². The van der Waals surface area contributed by atoms with E-state index in [0.717, 1.165) is 52.0 Å². The van der Waals surface area contributed by atoms with Crippen molar-refractivity contribution < 1.29 is 4.79 Å². The lowest BCUT2D eigenvalue weighted by atomic mass is 9.97. The SMILES string of the molecule is CCN1CCC(N(C)C(=O)CC2CNC2)CC1. The van der Waals surface area contributed by atoms with Crippen molar-refractivity contribution in [3.63, 3.8) is 0 Å². The summed E-state index contributed by atoms with van der Waals surface area (Å²) in [5, 5.41) is 3.22. The molecule has 1 N–H and O–H groups in total. The molecule has 2 aliphatic heterocycles. The largest absolute Gasteiger partial charge is 0.343 e. The van der Waals surface area contributed by atoms with Crippen molar-refractivity contribution >= 4 is 5.91 Å². The minimum atomic E-state index is 0.339. The van der Waals surface area contributed by atoms with Crippen molar-refractivity contribution in [1.29, 1.82) is 0 Å². The van der Waals surface area contributed by atoms with Crippen LogP contribution in [0.4, 0.5) is 0 Å².